The molecule has 0 aromatic rings. The second-order valence-corrected chi connectivity index (χ2v) is 5.71. The van der Waals surface area contributed by atoms with Crippen molar-refractivity contribution in [2.24, 2.45) is 11.3 Å². The monoisotopic (exact) mass is 202 g/mol. The van der Waals surface area contributed by atoms with Crippen LogP contribution in [0, 0.1) is 11.3 Å². The van der Waals surface area contributed by atoms with E-state index in [-0.39, 0.29) is 0 Å². The molecule has 2 aliphatic rings. The molecule has 0 heteroatoms. The van der Waals surface area contributed by atoms with E-state index >= 15 is 0 Å². The Balaban J connectivity index is 2.52. The first-order chi connectivity index (χ1) is 7.00. The maximum Gasteiger partial charge on any atom is -0.00424 e. The Morgan fingerprint density at radius 2 is 2.07 bits per heavy atom. The Bertz CT molecular complexity index is 350. The van der Waals surface area contributed by atoms with E-state index in [9.17, 15) is 0 Å². The third kappa shape index (κ3) is 1.95. The normalized spacial score (nSPS) is 29.6. The van der Waals surface area contributed by atoms with Gasteiger partial charge in [0.2, 0.25) is 0 Å². The summed E-state index contributed by atoms with van der Waals surface area (Å²) in [5.41, 5.74) is 5.08. The van der Waals surface area contributed by atoms with Gasteiger partial charge in [-0.1, -0.05) is 50.1 Å². The minimum absolute atomic E-state index is 0.384. The van der Waals surface area contributed by atoms with E-state index in [0.29, 0.717) is 11.3 Å². The molecule has 0 aromatic heterocycles. The Hall–Kier alpha value is -0.780. The van der Waals surface area contributed by atoms with Gasteiger partial charge < -0.3 is 0 Å². The first-order valence-corrected chi connectivity index (χ1v) is 6.11. The quantitative estimate of drug-likeness (QED) is 0.536. The fraction of sp³-hybridized carbons (Fsp3) is 0.600. The second kappa shape index (κ2) is 3.66. The zero-order valence-electron chi connectivity index (χ0n) is 10.4. The summed E-state index contributed by atoms with van der Waals surface area (Å²) in [6, 6.07) is 0. The molecule has 0 nitrogen and oxygen atoms in total. The average molecular weight is 202 g/mol. The topological polar surface area (TPSA) is 0 Å². The van der Waals surface area contributed by atoms with Gasteiger partial charge in [-0.25, -0.2) is 0 Å². The van der Waals surface area contributed by atoms with Crippen molar-refractivity contribution in [3.63, 3.8) is 0 Å². The van der Waals surface area contributed by atoms with Crippen molar-refractivity contribution in [2.45, 2.75) is 47.0 Å². The van der Waals surface area contributed by atoms with Crippen molar-refractivity contribution in [2.75, 3.05) is 0 Å². The Labute approximate surface area is 93.8 Å². The van der Waals surface area contributed by atoms with E-state index in [1.54, 1.807) is 11.1 Å². The van der Waals surface area contributed by atoms with Gasteiger partial charge in [-0.05, 0) is 43.1 Å². The minimum atomic E-state index is 0.384. The van der Waals surface area contributed by atoms with Gasteiger partial charge in [0, 0.05) is 0 Å². The molecule has 0 amide bonds. The van der Waals surface area contributed by atoms with Gasteiger partial charge in [-0.15, -0.1) is 0 Å². The van der Waals surface area contributed by atoms with E-state index in [2.05, 4.69) is 45.9 Å². The number of allylic oxidation sites excluding steroid dienone is 6. The van der Waals surface area contributed by atoms with Crippen LogP contribution in [0.1, 0.15) is 47.0 Å². The molecule has 1 atom stereocenters. The largest absolute Gasteiger partial charge is 0.0773 e. The van der Waals surface area contributed by atoms with E-state index in [4.69, 9.17) is 0 Å². The highest BCUT2D eigenvalue weighted by atomic mass is 14.3. The van der Waals surface area contributed by atoms with Crippen LogP contribution in [0.3, 0.4) is 0 Å². The predicted molar refractivity (Wildman–Crippen MR) is 66.7 cm³/mol. The summed E-state index contributed by atoms with van der Waals surface area (Å²) < 4.78 is 0. The minimum Gasteiger partial charge on any atom is -0.0773 e. The molecule has 0 saturated carbocycles. The lowest BCUT2D eigenvalue weighted by Crippen LogP contribution is -2.21. The maximum absolute atomic E-state index is 2.41. The van der Waals surface area contributed by atoms with Crippen molar-refractivity contribution in [3.05, 3.63) is 34.9 Å². The number of rotatable bonds is 0. The molecule has 0 radical (unpaired) electrons. The number of hydrogen-bond acceptors (Lipinski definition) is 0. The van der Waals surface area contributed by atoms with Crippen LogP contribution < -0.4 is 0 Å². The molecular formula is C15H22. The van der Waals surface area contributed by atoms with Crippen molar-refractivity contribution in [1.82, 2.24) is 0 Å². The lowest BCUT2D eigenvalue weighted by Gasteiger charge is -2.35. The summed E-state index contributed by atoms with van der Waals surface area (Å²) in [7, 11) is 0. The average Bonchev–Trinajstić information content (AvgIpc) is 2.29. The molecule has 0 fully saturated rings. The van der Waals surface area contributed by atoms with Crippen molar-refractivity contribution in [1.29, 1.82) is 0 Å². The summed E-state index contributed by atoms with van der Waals surface area (Å²) in [5, 5.41) is 0. The van der Waals surface area contributed by atoms with E-state index < -0.39 is 0 Å². The van der Waals surface area contributed by atoms with Crippen LogP contribution in [0.25, 0.3) is 0 Å². The molecule has 0 saturated heterocycles. The van der Waals surface area contributed by atoms with Crippen LogP contribution in [0.2, 0.25) is 0 Å². The third-order valence-electron chi connectivity index (χ3n) is 3.89. The highest BCUT2D eigenvalue weighted by Crippen LogP contribution is 2.44. The molecule has 2 rings (SSSR count). The van der Waals surface area contributed by atoms with Gasteiger partial charge in [-0.3, -0.25) is 0 Å². The summed E-state index contributed by atoms with van der Waals surface area (Å²) in [4.78, 5) is 0. The van der Waals surface area contributed by atoms with Crippen LogP contribution in [0.4, 0.5) is 0 Å². The molecule has 0 aromatic carbocycles. The highest BCUT2D eigenvalue weighted by Gasteiger charge is 2.30. The van der Waals surface area contributed by atoms with Gasteiger partial charge >= 0.3 is 0 Å². The first-order valence-electron chi connectivity index (χ1n) is 6.11. The van der Waals surface area contributed by atoms with Gasteiger partial charge in [0.25, 0.3) is 0 Å². The summed E-state index contributed by atoms with van der Waals surface area (Å²) >= 11 is 0. The summed E-state index contributed by atoms with van der Waals surface area (Å²) in [5.74, 6) is 0.633. The zero-order valence-corrected chi connectivity index (χ0v) is 10.4. The van der Waals surface area contributed by atoms with E-state index in [0.717, 1.165) is 0 Å². The Morgan fingerprint density at radius 1 is 1.33 bits per heavy atom. The molecular weight excluding hydrogens is 180 g/mol. The first kappa shape index (κ1) is 10.7. The Kier molecular flexibility index (Phi) is 2.62. The van der Waals surface area contributed by atoms with Crippen molar-refractivity contribution in [3.8, 4) is 0 Å². The predicted octanol–water partition coefficient (Wildman–Crippen LogP) is 4.65. The van der Waals surface area contributed by atoms with Gasteiger partial charge in [-0.2, -0.15) is 0 Å². The standard InChI is InChI=1S/C15H22/c1-11-7-8-12(2)13-6-5-9-15(3,4)14(13)10-11/h7-8,10,12H,5-6,9H2,1-4H3/t12-/m1/s1. The van der Waals surface area contributed by atoms with Crippen LogP contribution in [-0.2, 0) is 0 Å². The smallest absolute Gasteiger partial charge is 0.00424 e. The fourth-order valence-corrected chi connectivity index (χ4v) is 2.87. The summed E-state index contributed by atoms with van der Waals surface area (Å²) in [6.45, 7) is 9.33. The van der Waals surface area contributed by atoms with Crippen molar-refractivity contribution >= 4 is 0 Å². The van der Waals surface area contributed by atoms with E-state index in [1.165, 1.54) is 24.8 Å². The van der Waals surface area contributed by atoms with Gasteiger partial charge in [0.1, 0.15) is 0 Å². The second-order valence-electron chi connectivity index (χ2n) is 5.71. The Morgan fingerprint density at radius 3 is 2.80 bits per heavy atom. The molecule has 0 N–H and O–H groups in total. The maximum atomic E-state index is 2.41. The summed E-state index contributed by atoms with van der Waals surface area (Å²) in [6.07, 6.45) is 11.0. The van der Waals surface area contributed by atoms with Crippen LogP contribution >= 0.6 is 0 Å². The highest BCUT2D eigenvalue weighted by molar-refractivity contribution is 5.42. The lowest BCUT2D eigenvalue weighted by atomic mass is 9.70. The SMILES string of the molecule is CC1=CC2=C(CCCC2(C)C)[C@H](C)C=C1. The van der Waals surface area contributed by atoms with Crippen molar-refractivity contribution < 1.29 is 0 Å². The molecule has 2 aliphatic carbocycles. The van der Waals surface area contributed by atoms with Crippen LogP contribution in [0.5, 0.6) is 0 Å². The third-order valence-corrected chi connectivity index (χ3v) is 3.89. The molecule has 0 spiro atoms. The number of hydrogen-bond donors (Lipinski definition) is 0. The zero-order chi connectivity index (χ0) is 11.1. The van der Waals surface area contributed by atoms with Gasteiger partial charge in [0.15, 0.2) is 0 Å². The van der Waals surface area contributed by atoms with Crippen LogP contribution in [0.15, 0.2) is 34.9 Å². The van der Waals surface area contributed by atoms with E-state index in [1.807, 2.05) is 0 Å². The lowest BCUT2D eigenvalue weighted by molar-refractivity contribution is 0.368. The molecule has 0 unspecified atom stereocenters. The fourth-order valence-electron chi connectivity index (χ4n) is 2.87. The molecule has 0 bridgehead atoms. The van der Waals surface area contributed by atoms with Crippen LogP contribution in [-0.4, -0.2) is 0 Å². The molecule has 0 aliphatic heterocycles. The van der Waals surface area contributed by atoms with Gasteiger partial charge in [0.05, 0.1) is 0 Å². The molecule has 15 heavy (non-hydrogen) atoms. The molecule has 0 heterocycles. The molecule has 82 valence electrons.